The number of rotatable bonds is 16. The van der Waals surface area contributed by atoms with Crippen molar-refractivity contribution >= 4 is 23.0 Å². The normalized spacial score (nSPS) is 10.7. The Bertz CT molecular complexity index is 1010. The van der Waals surface area contributed by atoms with Crippen LogP contribution >= 0.6 is 0 Å². The Balaban J connectivity index is 2.42. The van der Waals surface area contributed by atoms with Gasteiger partial charge in [-0.25, -0.2) is 14.0 Å². The number of fused-ring (bicyclic) bond motifs is 1. The van der Waals surface area contributed by atoms with Crippen LogP contribution in [-0.4, -0.2) is 38.5 Å². The summed E-state index contributed by atoms with van der Waals surface area (Å²) in [5.74, 6) is -0.309. The predicted octanol–water partition coefficient (Wildman–Crippen LogP) is 7.11. The van der Waals surface area contributed by atoms with Crippen LogP contribution < -0.4 is 29.6 Å². The SMILES string of the molecule is CCCCCCNC(=O)Oc1c(OCC)c(OCC)c(OC(=O)NCCCCCC)c2cc(F)ccc12. The van der Waals surface area contributed by atoms with Crippen LogP contribution in [-0.2, 0) is 0 Å². The van der Waals surface area contributed by atoms with E-state index < -0.39 is 18.0 Å². The first kappa shape index (κ1) is 30.0. The number of nitrogens with one attached hydrogen (secondary N) is 2. The van der Waals surface area contributed by atoms with Gasteiger partial charge in [-0.2, -0.15) is 0 Å². The fraction of sp³-hybridized carbons (Fsp3) is 0.571. The van der Waals surface area contributed by atoms with E-state index in [-0.39, 0.29) is 41.6 Å². The fourth-order valence-corrected chi connectivity index (χ4v) is 3.85. The van der Waals surface area contributed by atoms with Crippen molar-refractivity contribution in [3.05, 3.63) is 24.0 Å². The second kappa shape index (κ2) is 16.5. The van der Waals surface area contributed by atoms with Gasteiger partial charge < -0.3 is 29.6 Å². The zero-order valence-corrected chi connectivity index (χ0v) is 22.5. The van der Waals surface area contributed by atoms with Gasteiger partial charge in [-0.1, -0.05) is 52.4 Å². The number of carbonyl (C=O) groups is 2. The Labute approximate surface area is 219 Å². The van der Waals surface area contributed by atoms with E-state index in [4.69, 9.17) is 18.9 Å². The number of carbonyl (C=O) groups excluding carboxylic acids is 2. The molecule has 0 aliphatic heterocycles. The lowest BCUT2D eigenvalue weighted by Gasteiger charge is -2.21. The first-order valence-electron chi connectivity index (χ1n) is 13.4. The molecule has 0 aliphatic rings. The number of hydrogen-bond donors (Lipinski definition) is 2. The second-order valence-electron chi connectivity index (χ2n) is 8.63. The van der Waals surface area contributed by atoms with Crippen LogP contribution in [0.15, 0.2) is 18.2 Å². The third kappa shape index (κ3) is 9.30. The Morgan fingerprint density at radius 2 is 1.16 bits per heavy atom. The summed E-state index contributed by atoms with van der Waals surface area (Å²) in [4.78, 5) is 25.3. The van der Waals surface area contributed by atoms with Gasteiger partial charge in [-0.3, -0.25) is 0 Å². The molecule has 0 saturated heterocycles. The van der Waals surface area contributed by atoms with E-state index in [1.807, 2.05) is 0 Å². The fourth-order valence-electron chi connectivity index (χ4n) is 3.85. The van der Waals surface area contributed by atoms with Crippen LogP contribution in [0.2, 0.25) is 0 Å². The Kier molecular flexibility index (Phi) is 13.4. The monoisotopic (exact) mass is 520 g/mol. The molecule has 0 heterocycles. The molecular formula is C28H41FN2O6. The maximum atomic E-state index is 14.4. The highest BCUT2D eigenvalue weighted by Crippen LogP contribution is 2.51. The maximum Gasteiger partial charge on any atom is 0.412 e. The molecule has 2 N–H and O–H groups in total. The van der Waals surface area contributed by atoms with Crippen LogP contribution in [0.5, 0.6) is 23.0 Å². The third-order valence-electron chi connectivity index (χ3n) is 5.66. The number of benzene rings is 2. The highest BCUT2D eigenvalue weighted by atomic mass is 19.1. The highest BCUT2D eigenvalue weighted by Gasteiger charge is 2.28. The lowest BCUT2D eigenvalue weighted by atomic mass is 10.1. The lowest BCUT2D eigenvalue weighted by Crippen LogP contribution is -2.29. The van der Waals surface area contributed by atoms with E-state index >= 15 is 0 Å². The van der Waals surface area contributed by atoms with Gasteiger partial charge >= 0.3 is 12.2 Å². The molecule has 0 spiro atoms. The smallest absolute Gasteiger partial charge is 0.412 e. The summed E-state index contributed by atoms with van der Waals surface area (Å²) in [6, 6.07) is 3.92. The Morgan fingerprint density at radius 3 is 1.62 bits per heavy atom. The van der Waals surface area contributed by atoms with Crippen LogP contribution in [0.3, 0.4) is 0 Å². The molecular weight excluding hydrogens is 479 g/mol. The van der Waals surface area contributed by atoms with Gasteiger partial charge in [0.15, 0.2) is 11.5 Å². The molecule has 0 saturated carbocycles. The van der Waals surface area contributed by atoms with E-state index in [2.05, 4.69) is 24.5 Å². The average molecular weight is 521 g/mol. The molecule has 0 atom stereocenters. The Hall–Kier alpha value is -3.23. The molecule has 2 aromatic carbocycles. The molecule has 8 nitrogen and oxygen atoms in total. The quantitative estimate of drug-likeness (QED) is 0.229. The summed E-state index contributed by atoms with van der Waals surface area (Å²) in [6.45, 7) is 9.11. The minimum absolute atomic E-state index is 0.00168. The van der Waals surface area contributed by atoms with E-state index in [1.54, 1.807) is 13.8 Å². The molecule has 0 radical (unpaired) electrons. The molecule has 0 unspecified atom stereocenters. The first-order chi connectivity index (χ1) is 18.0. The van der Waals surface area contributed by atoms with E-state index in [0.29, 0.717) is 18.5 Å². The molecule has 0 aliphatic carbocycles. The molecule has 2 rings (SSSR count). The molecule has 37 heavy (non-hydrogen) atoms. The summed E-state index contributed by atoms with van der Waals surface area (Å²) < 4.78 is 37.3. The molecule has 0 aromatic heterocycles. The maximum absolute atomic E-state index is 14.4. The van der Waals surface area contributed by atoms with Crippen LogP contribution in [0, 0.1) is 5.82 Å². The molecule has 206 valence electrons. The van der Waals surface area contributed by atoms with Gasteiger partial charge in [-0.05, 0) is 44.9 Å². The predicted molar refractivity (Wildman–Crippen MR) is 143 cm³/mol. The number of unbranched alkanes of at least 4 members (excludes halogenated alkanes) is 6. The van der Waals surface area contributed by atoms with E-state index in [9.17, 15) is 14.0 Å². The number of amides is 2. The summed E-state index contributed by atoms with van der Waals surface area (Å²) in [6.07, 6.45) is 6.65. The van der Waals surface area contributed by atoms with Gasteiger partial charge in [0, 0.05) is 23.9 Å². The van der Waals surface area contributed by atoms with Crippen molar-refractivity contribution < 1.29 is 32.9 Å². The largest absolute Gasteiger partial charge is 0.487 e. The van der Waals surface area contributed by atoms with Crippen molar-refractivity contribution in [3.8, 4) is 23.0 Å². The van der Waals surface area contributed by atoms with Crippen molar-refractivity contribution in [2.24, 2.45) is 0 Å². The zero-order valence-electron chi connectivity index (χ0n) is 22.5. The molecule has 2 amide bonds. The van der Waals surface area contributed by atoms with Crippen LogP contribution in [0.1, 0.15) is 79.1 Å². The standard InChI is InChI=1S/C28H41FN2O6/c1-5-9-11-13-17-30-27(32)36-23-21-16-15-20(29)19-22(21)24(26(35-8-4)25(23)34-7-3)37-28(33)31-18-14-12-10-6-2/h15-16,19H,5-14,17-18H2,1-4H3,(H,30,32)(H,31,33). The third-order valence-corrected chi connectivity index (χ3v) is 5.66. The van der Waals surface area contributed by atoms with Gasteiger partial charge in [0.25, 0.3) is 0 Å². The topological polar surface area (TPSA) is 95.1 Å². The number of ether oxygens (including phenoxy) is 4. The minimum atomic E-state index is -0.691. The van der Waals surface area contributed by atoms with Crippen molar-refractivity contribution in [2.75, 3.05) is 26.3 Å². The lowest BCUT2D eigenvalue weighted by molar-refractivity contribution is 0.192. The molecule has 0 fully saturated rings. The van der Waals surface area contributed by atoms with Gasteiger partial charge in [0.1, 0.15) is 5.82 Å². The second-order valence-corrected chi connectivity index (χ2v) is 8.63. The highest BCUT2D eigenvalue weighted by molar-refractivity contribution is 6.01. The summed E-state index contributed by atoms with van der Waals surface area (Å²) in [5.41, 5.74) is 0. The minimum Gasteiger partial charge on any atom is -0.487 e. The zero-order chi connectivity index (χ0) is 27.0. The van der Waals surface area contributed by atoms with Crippen molar-refractivity contribution in [1.82, 2.24) is 10.6 Å². The molecule has 0 bridgehead atoms. The summed E-state index contributed by atoms with van der Waals surface area (Å²) >= 11 is 0. The van der Waals surface area contributed by atoms with Gasteiger partial charge in [0.2, 0.25) is 11.5 Å². The Morgan fingerprint density at radius 1 is 0.676 bits per heavy atom. The molecule has 9 heteroatoms. The van der Waals surface area contributed by atoms with Gasteiger partial charge in [-0.15, -0.1) is 0 Å². The summed E-state index contributed by atoms with van der Waals surface area (Å²) in [5, 5.41) is 6.04. The first-order valence-corrected chi connectivity index (χ1v) is 13.4. The van der Waals surface area contributed by atoms with E-state index in [1.165, 1.54) is 18.2 Å². The van der Waals surface area contributed by atoms with Crippen molar-refractivity contribution in [3.63, 3.8) is 0 Å². The van der Waals surface area contributed by atoms with Crippen LogP contribution in [0.4, 0.5) is 14.0 Å². The average Bonchev–Trinajstić information content (AvgIpc) is 2.87. The van der Waals surface area contributed by atoms with Crippen LogP contribution in [0.25, 0.3) is 10.8 Å². The number of hydrogen-bond acceptors (Lipinski definition) is 6. The number of halogens is 1. The van der Waals surface area contributed by atoms with E-state index in [0.717, 1.165) is 51.4 Å². The van der Waals surface area contributed by atoms with Crippen molar-refractivity contribution in [1.29, 1.82) is 0 Å². The van der Waals surface area contributed by atoms with Gasteiger partial charge in [0.05, 0.1) is 13.2 Å². The van der Waals surface area contributed by atoms with Crippen molar-refractivity contribution in [2.45, 2.75) is 79.1 Å². The summed E-state index contributed by atoms with van der Waals surface area (Å²) in [7, 11) is 0. The molecule has 2 aromatic rings.